The Morgan fingerprint density at radius 1 is 1.13 bits per heavy atom. The fourth-order valence-electron chi connectivity index (χ4n) is 3.05. The molecular weight excluding hydrogens is 390 g/mol. The first-order valence-corrected chi connectivity index (χ1v) is 10.4. The van der Waals surface area contributed by atoms with Gasteiger partial charge in [0.25, 0.3) is 11.5 Å². The number of hydrogen-bond acceptors (Lipinski definition) is 4. The minimum atomic E-state index is -0.542. The van der Waals surface area contributed by atoms with Crippen molar-refractivity contribution < 1.29 is 9.53 Å². The Morgan fingerprint density at radius 2 is 1.94 bits per heavy atom. The SMILES string of the molecule is CCCCOc1ccc(/C=N\NC(=O)c2cccn(Cc3cccc(C)c3)c2=O)cc1. The summed E-state index contributed by atoms with van der Waals surface area (Å²) in [6.45, 7) is 5.21. The first kappa shape index (κ1) is 22.0. The van der Waals surface area contributed by atoms with Gasteiger partial charge in [0.1, 0.15) is 11.3 Å². The van der Waals surface area contributed by atoms with Crippen LogP contribution in [0.2, 0.25) is 0 Å². The average molecular weight is 418 g/mol. The monoisotopic (exact) mass is 417 g/mol. The maximum atomic E-state index is 12.7. The lowest BCUT2D eigenvalue weighted by molar-refractivity contribution is 0.0953. The standard InChI is InChI=1S/C25H27N3O3/c1-3-4-15-31-22-12-10-20(11-13-22)17-26-27-24(29)23-9-6-14-28(25(23)30)18-21-8-5-7-19(2)16-21/h5-14,16-17H,3-4,15,18H2,1-2H3,(H,27,29)/b26-17-. The summed E-state index contributed by atoms with van der Waals surface area (Å²) >= 11 is 0. The normalized spacial score (nSPS) is 10.9. The highest BCUT2D eigenvalue weighted by Crippen LogP contribution is 2.11. The van der Waals surface area contributed by atoms with Gasteiger partial charge in [0.05, 0.1) is 19.4 Å². The van der Waals surface area contributed by atoms with Crippen LogP contribution in [0.25, 0.3) is 0 Å². The zero-order valence-electron chi connectivity index (χ0n) is 17.9. The molecule has 1 amide bonds. The molecule has 0 aliphatic heterocycles. The zero-order chi connectivity index (χ0) is 22.1. The van der Waals surface area contributed by atoms with Crippen LogP contribution in [-0.4, -0.2) is 23.3 Å². The number of unbranched alkanes of at least 4 members (excludes halogenated alkanes) is 1. The van der Waals surface area contributed by atoms with Crippen molar-refractivity contribution >= 4 is 12.1 Å². The van der Waals surface area contributed by atoms with Gasteiger partial charge in [0, 0.05) is 6.20 Å². The summed E-state index contributed by atoms with van der Waals surface area (Å²) in [6, 6.07) is 18.5. The van der Waals surface area contributed by atoms with Gasteiger partial charge in [0.15, 0.2) is 0 Å². The Morgan fingerprint density at radius 3 is 2.68 bits per heavy atom. The Balaban J connectivity index is 1.62. The molecule has 6 heteroatoms. The van der Waals surface area contributed by atoms with E-state index < -0.39 is 5.91 Å². The molecule has 3 aromatic rings. The van der Waals surface area contributed by atoms with Gasteiger partial charge in [0.2, 0.25) is 0 Å². The predicted octanol–water partition coefficient (Wildman–Crippen LogP) is 4.15. The summed E-state index contributed by atoms with van der Waals surface area (Å²) in [5, 5.41) is 3.98. The van der Waals surface area contributed by atoms with Gasteiger partial charge >= 0.3 is 0 Å². The van der Waals surface area contributed by atoms with Gasteiger partial charge in [-0.15, -0.1) is 0 Å². The molecule has 2 aromatic carbocycles. The van der Waals surface area contributed by atoms with Crippen LogP contribution >= 0.6 is 0 Å². The quantitative estimate of drug-likeness (QED) is 0.323. The second-order valence-corrected chi connectivity index (χ2v) is 7.31. The van der Waals surface area contributed by atoms with E-state index in [1.54, 1.807) is 12.3 Å². The maximum Gasteiger partial charge on any atom is 0.276 e. The van der Waals surface area contributed by atoms with E-state index in [4.69, 9.17) is 4.74 Å². The van der Waals surface area contributed by atoms with E-state index in [-0.39, 0.29) is 11.1 Å². The molecule has 1 heterocycles. The first-order chi connectivity index (χ1) is 15.1. The molecule has 1 aromatic heterocycles. The van der Waals surface area contributed by atoms with E-state index in [0.29, 0.717) is 13.2 Å². The number of pyridine rings is 1. The number of carbonyl (C=O) groups is 1. The summed E-state index contributed by atoms with van der Waals surface area (Å²) < 4.78 is 7.14. The van der Waals surface area contributed by atoms with Crippen molar-refractivity contribution in [2.75, 3.05) is 6.61 Å². The van der Waals surface area contributed by atoms with Gasteiger partial charge in [-0.1, -0.05) is 43.2 Å². The third-order valence-electron chi connectivity index (χ3n) is 4.73. The highest BCUT2D eigenvalue weighted by atomic mass is 16.5. The summed E-state index contributed by atoms with van der Waals surface area (Å²) in [4.78, 5) is 25.2. The van der Waals surface area contributed by atoms with Crippen LogP contribution in [-0.2, 0) is 6.54 Å². The highest BCUT2D eigenvalue weighted by molar-refractivity contribution is 5.94. The molecule has 1 N–H and O–H groups in total. The Bertz CT molecular complexity index is 1100. The van der Waals surface area contributed by atoms with Crippen molar-refractivity contribution in [2.45, 2.75) is 33.2 Å². The van der Waals surface area contributed by atoms with Crippen LogP contribution in [0.3, 0.4) is 0 Å². The second kappa shape index (κ2) is 10.9. The van der Waals surface area contributed by atoms with Crippen molar-refractivity contribution in [3.05, 3.63) is 99.5 Å². The fraction of sp³-hybridized carbons (Fsp3) is 0.240. The molecule has 6 nitrogen and oxygen atoms in total. The van der Waals surface area contributed by atoms with Crippen molar-refractivity contribution in [1.29, 1.82) is 0 Å². The summed E-state index contributed by atoms with van der Waals surface area (Å²) in [7, 11) is 0. The number of rotatable bonds is 9. The van der Waals surface area contributed by atoms with Crippen LogP contribution in [0.1, 0.15) is 46.8 Å². The number of hydrazone groups is 1. The molecule has 0 spiro atoms. The molecule has 3 rings (SSSR count). The number of benzene rings is 2. The number of aromatic nitrogens is 1. The summed E-state index contributed by atoms with van der Waals surface area (Å²) in [5.41, 5.74) is 5.06. The molecule has 160 valence electrons. The van der Waals surface area contributed by atoms with Crippen LogP contribution in [0, 0.1) is 6.92 Å². The van der Waals surface area contributed by atoms with Crippen LogP contribution in [0.15, 0.2) is 76.8 Å². The molecule has 0 radical (unpaired) electrons. The molecule has 0 unspecified atom stereocenters. The van der Waals surface area contributed by atoms with Crippen molar-refractivity contribution in [3.63, 3.8) is 0 Å². The molecule has 0 fully saturated rings. The molecular formula is C25H27N3O3. The maximum absolute atomic E-state index is 12.7. The molecule has 0 saturated heterocycles. The Hall–Kier alpha value is -3.67. The lowest BCUT2D eigenvalue weighted by Crippen LogP contribution is -2.30. The molecule has 0 aliphatic rings. The topological polar surface area (TPSA) is 72.7 Å². The van der Waals surface area contributed by atoms with Crippen molar-refractivity contribution in [3.8, 4) is 5.75 Å². The number of amides is 1. The number of carbonyl (C=O) groups excluding carboxylic acids is 1. The molecule has 0 aliphatic carbocycles. The summed E-state index contributed by atoms with van der Waals surface area (Å²) in [6.07, 6.45) is 5.31. The Kier molecular flexibility index (Phi) is 7.76. The molecule has 31 heavy (non-hydrogen) atoms. The predicted molar refractivity (Wildman–Crippen MR) is 123 cm³/mol. The van der Waals surface area contributed by atoms with Gasteiger partial charge in [-0.2, -0.15) is 5.10 Å². The number of aryl methyl sites for hydroxylation is 1. The molecule has 0 atom stereocenters. The average Bonchev–Trinajstić information content (AvgIpc) is 2.76. The smallest absolute Gasteiger partial charge is 0.276 e. The number of nitrogens with zero attached hydrogens (tertiary/aromatic N) is 2. The van der Waals surface area contributed by atoms with E-state index in [9.17, 15) is 9.59 Å². The number of ether oxygens (including phenoxy) is 1. The second-order valence-electron chi connectivity index (χ2n) is 7.31. The third kappa shape index (κ3) is 6.40. The van der Waals surface area contributed by atoms with Crippen LogP contribution < -0.4 is 15.7 Å². The first-order valence-electron chi connectivity index (χ1n) is 10.4. The van der Waals surface area contributed by atoms with E-state index in [1.807, 2.05) is 55.5 Å². The minimum Gasteiger partial charge on any atom is -0.494 e. The van der Waals surface area contributed by atoms with Gasteiger partial charge < -0.3 is 9.30 Å². The van der Waals surface area contributed by atoms with E-state index in [0.717, 1.165) is 35.3 Å². The van der Waals surface area contributed by atoms with Gasteiger partial charge in [-0.05, 0) is 60.9 Å². The van der Waals surface area contributed by atoms with E-state index in [2.05, 4.69) is 17.5 Å². The zero-order valence-corrected chi connectivity index (χ0v) is 17.9. The minimum absolute atomic E-state index is 0.0481. The fourth-order valence-corrected chi connectivity index (χ4v) is 3.05. The van der Waals surface area contributed by atoms with E-state index >= 15 is 0 Å². The number of hydrogen-bond donors (Lipinski definition) is 1. The van der Waals surface area contributed by atoms with E-state index in [1.165, 1.54) is 16.8 Å². The largest absolute Gasteiger partial charge is 0.494 e. The Labute approximate surface area is 182 Å². The third-order valence-corrected chi connectivity index (χ3v) is 4.73. The molecule has 0 bridgehead atoms. The van der Waals surface area contributed by atoms with Gasteiger partial charge in [-0.25, -0.2) is 5.43 Å². The molecule has 0 saturated carbocycles. The number of nitrogens with one attached hydrogen (secondary N) is 1. The lowest BCUT2D eigenvalue weighted by atomic mass is 10.1. The van der Waals surface area contributed by atoms with Crippen molar-refractivity contribution in [1.82, 2.24) is 9.99 Å². The lowest BCUT2D eigenvalue weighted by Gasteiger charge is -2.08. The highest BCUT2D eigenvalue weighted by Gasteiger charge is 2.11. The summed E-state index contributed by atoms with van der Waals surface area (Å²) in [5.74, 6) is 0.257. The van der Waals surface area contributed by atoms with Crippen molar-refractivity contribution in [2.24, 2.45) is 5.10 Å². The van der Waals surface area contributed by atoms with Gasteiger partial charge in [-0.3, -0.25) is 9.59 Å². The van der Waals surface area contributed by atoms with Crippen LogP contribution in [0.5, 0.6) is 5.75 Å². The van der Waals surface area contributed by atoms with Crippen LogP contribution in [0.4, 0.5) is 0 Å².